The highest BCUT2D eigenvalue weighted by molar-refractivity contribution is 14.1. The third kappa shape index (κ3) is 3.06. The number of hydrogen-bond acceptors (Lipinski definition) is 2. The van der Waals surface area contributed by atoms with Crippen LogP contribution in [0.3, 0.4) is 0 Å². The zero-order valence-corrected chi connectivity index (χ0v) is 15.5. The second kappa shape index (κ2) is 6.62. The van der Waals surface area contributed by atoms with Gasteiger partial charge in [0, 0.05) is 17.4 Å². The van der Waals surface area contributed by atoms with Gasteiger partial charge in [-0.25, -0.2) is 9.37 Å². The number of thioether (sulfide) groups is 1. The van der Waals surface area contributed by atoms with E-state index in [1.54, 1.807) is 6.07 Å². The molecular formula is C15H17ClFIN2S. The SMILES string of the molecule is CCSC1CCC(n2c(CCl)nc3cc(I)c(F)cc32)C1. The van der Waals surface area contributed by atoms with Crippen molar-refractivity contribution in [2.45, 2.75) is 43.4 Å². The van der Waals surface area contributed by atoms with Crippen molar-refractivity contribution in [1.29, 1.82) is 0 Å². The van der Waals surface area contributed by atoms with E-state index in [2.05, 4.69) is 16.5 Å². The molecule has 0 radical (unpaired) electrons. The summed E-state index contributed by atoms with van der Waals surface area (Å²) >= 11 is 10.1. The third-order valence-corrected chi connectivity index (χ3v) is 6.35. The Morgan fingerprint density at radius 2 is 2.29 bits per heavy atom. The molecular weight excluding hydrogens is 422 g/mol. The lowest BCUT2D eigenvalue weighted by molar-refractivity contribution is 0.518. The fourth-order valence-corrected chi connectivity index (χ4v) is 4.95. The number of halogens is 3. The maximum absolute atomic E-state index is 13.9. The minimum Gasteiger partial charge on any atom is -0.324 e. The number of benzene rings is 1. The van der Waals surface area contributed by atoms with Crippen LogP contribution < -0.4 is 0 Å². The van der Waals surface area contributed by atoms with Gasteiger partial charge in [0.2, 0.25) is 0 Å². The second-order valence-corrected chi connectivity index (χ2v) is 8.34. The van der Waals surface area contributed by atoms with Crippen molar-refractivity contribution in [2.24, 2.45) is 0 Å². The Morgan fingerprint density at radius 3 is 3.00 bits per heavy atom. The Labute approximate surface area is 147 Å². The molecule has 1 aliphatic rings. The monoisotopic (exact) mass is 438 g/mol. The van der Waals surface area contributed by atoms with Crippen LogP contribution in [0, 0.1) is 9.39 Å². The second-order valence-electron chi connectivity index (χ2n) is 5.33. The molecule has 0 saturated heterocycles. The molecule has 2 nitrogen and oxygen atoms in total. The largest absolute Gasteiger partial charge is 0.324 e. The predicted molar refractivity (Wildman–Crippen MR) is 96.8 cm³/mol. The fraction of sp³-hybridized carbons (Fsp3) is 0.533. The maximum atomic E-state index is 13.9. The van der Waals surface area contributed by atoms with Gasteiger partial charge in [-0.1, -0.05) is 6.92 Å². The summed E-state index contributed by atoms with van der Waals surface area (Å²) in [6.07, 6.45) is 3.47. The highest BCUT2D eigenvalue weighted by Gasteiger charge is 2.29. The molecule has 1 aromatic carbocycles. The number of fused-ring (bicyclic) bond motifs is 1. The first-order valence-electron chi connectivity index (χ1n) is 7.17. The Hall–Kier alpha value is -0.0100. The first kappa shape index (κ1) is 15.9. The van der Waals surface area contributed by atoms with Gasteiger partial charge in [0.1, 0.15) is 11.6 Å². The van der Waals surface area contributed by atoms with Crippen LogP contribution in [0.1, 0.15) is 38.1 Å². The summed E-state index contributed by atoms with van der Waals surface area (Å²) in [4.78, 5) is 4.60. The highest BCUT2D eigenvalue weighted by atomic mass is 127. The van der Waals surface area contributed by atoms with Gasteiger partial charge in [0.25, 0.3) is 0 Å². The molecule has 3 rings (SSSR count). The molecule has 2 aromatic rings. The van der Waals surface area contributed by atoms with E-state index in [9.17, 15) is 4.39 Å². The number of alkyl halides is 1. The molecule has 0 N–H and O–H groups in total. The van der Waals surface area contributed by atoms with Crippen LogP contribution in [-0.4, -0.2) is 20.6 Å². The van der Waals surface area contributed by atoms with Crippen molar-refractivity contribution < 1.29 is 4.39 Å². The van der Waals surface area contributed by atoms with Gasteiger partial charge in [-0.2, -0.15) is 11.8 Å². The van der Waals surface area contributed by atoms with E-state index < -0.39 is 0 Å². The molecule has 1 saturated carbocycles. The van der Waals surface area contributed by atoms with Crippen molar-refractivity contribution in [2.75, 3.05) is 5.75 Å². The summed E-state index contributed by atoms with van der Waals surface area (Å²) in [5, 5.41) is 0.703. The van der Waals surface area contributed by atoms with Crippen molar-refractivity contribution in [1.82, 2.24) is 9.55 Å². The van der Waals surface area contributed by atoms with Gasteiger partial charge in [0.15, 0.2) is 0 Å². The number of aromatic nitrogens is 2. The van der Waals surface area contributed by atoms with Gasteiger partial charge in [0.05, 0.1) is 20.5 Å². The molecule has 2 unspecified atom stereocenters. The van der Waals surface area contributed by atoms with Crippen LogP contribution in [0.15, 0.2) is 12.1 Å². The average Bonchev–Trinajstić information content (AvgIpc) is 3.04. The standard InChI is InChI=1S/C15H17ClFIN2S/c1-2-21-10-4-3-9(5-10)20-14-6-11(17)12(18)7-13(14)19-15(20)8-16/h6-7,9-10H,2-5,8H2,1H3. The summed E-state index contributed by atoms with van der Waals surface area (Å²) in [5.41, 5.74) is 1.73. The van der Waals surface area contributed by atoms with Crippen LogP contribution in [0.2, 0.25) is 0 Å². The lowest BCUT2D eigenvalue weighted by Gasteiger charge is -2.16. The molecule has 1 aliphatic carbocycles. The van der Waals surface area contributed by atoms with Gasteiger partial charge in [-0.3, -0.25) is 0 Å². The summed E-state index contributed by atoms with van der Waals surface area (Å²) in [6.45, 7) is 2.20. The van der Waals surface area contributed by atoms with Crippen LogP contribution in [0.5, 0.6) is 0 Å². The van der Waals surface area contributed by atoms with Gasteiger partial charge >= 0.3 is 0 Å². The summed E-state index contributed by atoms with van der Waals surface area (Å²) in [5.74, 6) is 2.20. The highest BCUT2D eigenvalue weighted by Crippen LogP contribution is 2.39. The maximum Gasteiger partial charge on any atom is 0.138 e. The molecule has 114 valence electrons. The van der Waals surface area contributed by atoms with Gasteiger partial charge in [-0.05, 0) is 53.7 Å². The molecule has 6 heteroatoms. The smallest absolute Gasteiger partial charge is 0.138 e. The van der Waals surface area contributed by atoms with Crippen LogP contribution in [0.25, 0.3) is 11.0 Å². The van der Waals surface area contributed by atoms with E-state index in [-0.39, 0.29) is 5.82 Å². The van der Waals surface area contributed by atoms with Crippen molar-refractivity contribution in [3.8, 4) is 0 Å². The van der Waals surface area contributed by atoms with E-state index in [1.165, 1.54) is 6.42 Å². The van der Waals surface area contributed by atoms with E-state index in [4.69, 9.17) is 11.6 Å². The minimum atomic E-state index is -0.178. The molecule has 2 atom stereocenters. The van der Waals surface area contributed by atoms with Crippen LogP contribution >= 0.6 is 46.0 Å². The first-order valence-corrected chi connectivity index (χ1v) is 9.83. The third-order valence-electron chi connectivity index (χ3n) is 4.05. The Morgan fingerprint density at radius 1 is 1.48 bits per heavy atom. The summed E-state index contributed by atoms with van der Waals surface area (Å²) in [6, 6.07) is 3.82. The zero-order chi connectivity index (χ0) is 15.0. The molecule has 21 heavy (non-hydrogen) atoms. The Bertz CT molecular complexity index is 661. The van der Waals surface area contributed by atoms with Gasteiger partial charge in [-0.15, -0.1) is 11.6 Å². The van der Waals surface area contributed by atoms with Crippen LogP contribution in [0.4, 0.5) is 4.39 Å². The normalized spacial score (nSPS) is 22.3. The summed E-state index contributed by atoms with van der Waals surface area (Å²) < 4.78 is 16.7. The van der Waals surface area contributed by atoms with E-state index >= 15 is 0 Å². The predicted octanol–water partition coefficient (Wildman–Crippen LogP) is 5.37. The lowest BCUT2D eigenvalue weighted by Crippen LogP contribution is -2.09. The molecule has 0 aliphatic heterocycles. The molecule has 0 amide bonds. The minimum absolute atomic E-state index is 0.178. The number of rotatable bonds is 4. The van der Waals surface area contributed by atoms with E-state index in [1.807, 2.05) is 40.4 Å². The molecule has 1 heterocycles. The van der Waals surface area contributed by atoms with E-state index in [0.717, 1.165) is 35.5 Å². The van der Waals surface area contributed by atoms with Crippen molar-refractivity contribution >= 4 is 57.0 Å². The molecule has 0 bridgehead atoms. The van der Waals surface area contributed by atoms with Gasteiger partial charge < -0.3 is 4.57 Å². The number of imidazole rings is 1. The number of nitrogens with zero attached hydrogens (tertiary/aromatic N) is 2. The quantitative estimate of drug-likeness (QED) is 0.472. The van der Waals surface area contributed by atoms with Crippen molar-refractivity contribution in [3.63, 3.8) is 0 Å². The lowest BCUT2D eigenvalue weighted by atomic mass is 10.2. The molecule has 1 fully saturated rings. The fourth-order valence-electron chi connectivity index (χ4n) is 3.18. The average molecular weight is 439 g/mol. The summed E-state index contributed by atoms with van der Waals surface area (Å²) in [7, 11) is 0. The Kier molecular flexibility index (Phi) is 5.01. The van der Waals surface area contributed by atoms with Crippen molar-refractivity contribution in [3.05, 3.63) is 27.3 Å². The molecule has 0 spiro atoms. The zero-order valence-electron chi connectivity index (χ0n) is 11.8. The topological polar surface area (TPSA) is 17.8 Å². The van der Waals surface area contributed by atoms with Crippen LogP contribution in [-0.2, 0) is 5.88 Å². The van der Waals surface area contributed by atoms with E-state index in [0.29, 0.717) is 20.7 Å². The first-order chi connectivity index (χ1) is 10.1. The number of hydrogen-bond donors (Lipinski definition) is 0. The molecule has 1 aromatic heterocycles. The Balaban J connectivity index is 2.02.